The standard InChI is InChI=1S/C17H33NO5/c1-6-7-8-9-10-14(13(2)15(19)20)22-12-11-18-16(21)23-17(3,4)5/h13-14H,6-12H2,1-5H3,(H,18,21)(H,19,20)/t13-,14-/m1/s1. The van der Waals surface area contributed by atoms with Crippen LogP contribution >= 0.6 is 0 Å². The first-order chi connectivity index (χ1) is 10.7. The zero-order chi connectivity index (χ0) is 17.9. The molecule has 0 heterocycles. The van der Waals surface area contributed by atoms with Gasteiger partial charge in [-0.15, -0.1) is 0 Å². The van der Waals surface area contributed by atoms with Gasteiger partial charge in [-0.3, -0.25) is 4.79 Å². The molecule has 0 rings (SSSR count). The lowest BCUT2D eigenvalue weighted by Crippen LogP contribution is -2.36. The molecule has 0 radical (unpaired) electrons. The molecule has 0 aromatic heterocycles. The molecule has 0 aromatic rings. The normalized spacial score (nSPS) is 14.1. The van der Waals surface area contributed by atoms with Gasteiger partial charge in [-0.2, -0.15) is 0 Å². The Kier molecular flexibility index (Phi) is 10.6. The second-order valence-corrected chi connectivity index (χ2v) is 6.81. The lowest BCUT2D eigenvalue weighted by Gasteiger charge is -2.22. The monoisotopic (exact) mass is 331 g/mol. The first-order valence-corrected chi connectivity index (χ1v) is 8.48. The minimum atomic E-state index is -0.856. The minimum Gasteiger partial charge on any atom is -0.481 e. The van der Waals surface area contributed by atoms with Crippen LogP contribution in [-0.2, 0) is 14.3 Å². The van der Waals surface area contributed by atoms with E-state index in [4.69, 9.17) is 14.6 Å². The number of carbonyl (C=O) groups is 2. The molecule has 0 saturated carbocycles. The summed E-state index contributed by atoms with van der Waals surface area (Å²) in [5.74, 6) is -1.41. The molecule has 2 atom stereocenters. The van der Waals surface area contributed by atoms with Gasteiger partial charge in [0, 0.05) is 6.54 Å². The van der Waals surface area contributed by atoms with E-state index in [9.17, 15) is 9.59 Å². The van der Waals surface area contributed by atoms with E-state index in [1.165, 1.54) is 0 Å². The molecule has 2 N–H and O–H groups in total. The van der Waals surface area contributed by atoms with Crippen molar-refractivity contribution in [2.75, 3.05) is 13.2 Å². The maximum absolute atomic E-state index is 11.5. The molecule has 136 valence electrons. The number of nitrogens with one attached hydrogen (secondary N) is 1. The minimum absolute atomic E-state index is 0.273. The van der Waals surface area contributed by atoms with Crippen LogP contribution < -0.4 is 5.32 Å². The van der Waals surface area contributed by atoms with E-state index in [0.29, 0.717) is 6.54 Å². The second-order valence-electron chi connectivity index (χ2n) is 6.81. The smallest absolute Gasteiger partial charge is 0.407 e. The zero-order valence-electron chi connectivity index (χ0n) is 15.2. The van der Waals surface area contributed by atoms with Gasteiger partial charge in [0.25, 0.3) is 0 Å². The number of amides is 1. The van der Waals surface area contributed by atoms with Gasteiger partial charge < -0.3 is 19.9 Å². The molecule has 23 heavy (non-hydrogen) atoms. The summed E-state index contributed by atoms with van der Waals surface area (Å²) in [5, 5.41) is 11.8. The van der Waals surface area contributed by atoms with Crippen molar-refractivity contribution in [3.8, 4) is 0 Å². The van der Waals surface area contributed by atoms with Gasteiger partial charge in [0.05, 0.1) is 18.6 Å². The summed E-state index contributed by atoms with van der Waals surface area (Å²) in [6, 6.07) is 0. The maximum Gasteiger partial charge on any atom is 0.407 e. The third kappa shape index (κ3) is 11.9. The predicted molar refractivity (Wildman–Crippen MR) is 89.5 cm³/mol. The Balaban J connectivity index is 4.13. The highest BCUT2D eigenvalue weighted by atomic mass is 16.6. The van der Waals surface area contributed by atoms with Crippen LogP contribution in [0.25, 0.3) is 0 Å². The fourth-order valence-electron chi connectivity index (χ4n) is 2.09. The molecule has 0 spiro atoms. The van der Waals surface area contributed by atoms with Crippen molar-refractivity contribution in [3.63, 3.8) is 0 Å². The summed E-state index contributed by atoms with van der Waals surface area (Å²) in [7, 11) is 0. The Hall–Kier alpha value is -1.30. The summed E-state index contributed by atoms with van der Waals surface area (Å²) < 4.78 is 10.8. The molecule has 0 unspecified atom stereocenters. The number of aliphatic carboxylic acids is 1. The number of carboxylic acids is 1. The molecule has 0 aliphatic heterocycles. The van der Waals surface area contributed by atoms with Crippen LogP contribution in [0.1, 0.15) is 66.7 Å². The topological polar surface area (TPSA) is 84.9 Å². The molecule has 0 aliphatic carbocycles. The lowest BCUT2D eigenvalue weighted by molar-refractivity contribution is -0.146. The molecular formula is C17H33NO5. The van der Waals surface area contributed by atoms with Crippen molar-refractivity contribution >= 4 is 12.1 Å². The fourth-order valence-corrected chi connectivity index (χ4v) is 2.09. The number of unbranched alkanes of at least 4 members (excludes halogenated alkanes) is 3. The highest BCUT2D eigenvalue weighted by Crippen LogP contribution is 2.16. The van der Waals surface area contributed by atoms with E-state index in [1.807, 2.05) is 0 Å². The van der Waals surface area contributed by atoms with E-state index in [2.05, 4.69) is 12.2 Å². The van der Waals surface area contributed by atoms with E-state index in [1.54, 1.807) is 27.7 Å². The molecule has 0 fully saturated rings. The third-order valence-electron chi connectivity index (χ3n) is 3.39. The number of hydrogen-bond acceptors (Lipinski definition) is 4. The molecular weight excluding hydrogens is 298 g/mol. The number of carboxylic acid groups (broad SMARTS) is 1. The molecule has 0 aliphatic rings. The second kappa shape index (κ2) is 11.3. The largest absolute Gasteiger partial charge is 0.481 e. The van der Waals surface area contributed by atoms with Gasteiger partial charge in [-0.1, -0.05) is 32.6 Å². The molecule has 0 saturated heterocycles. The van der Waals surface area contributed by atoms with Gasteiger partial charge in [0.1, 0.15) is 5.60 Å². The van der Waals surface area contributed by atoms with Gasteiger partial charge in [0.15, 0.2) is 0 Å². The van der Waals surface area contributed by atoms with Gasteiger partial charge >= 0.3 is 12.1 Å². The summed E-state index contributed by atoms with van der Waals surface area (Å²) in [4.78, 5) is 22.7. The number of ether oxygens (including phenoxy) is 2. The van der Waals surface area contributed by atoms with Crippen LogP contribution in [0.5, 0.6) is 0 Å². The van der Waals surface area contributed by atoms with E-state index < -0.39 is 23.6 Å². The number of rotatable bonds is 11. The van der Waals surface area contributed by atoms with Crippen molar-refractivity contribution in [3.05, 3.63) is 0 Å². The Morgan fingerprint density at radius 1 is 1.17 bits per heavy atom. The highest BCUT2D eigenvalue weighted by molar-refractivity contribution is 5.70. The number of carbonyl (C=O) groups excluding carboxylic acids is 1. The first kappa shape index (κ1) is 21.7. The summed E-state index contributed by atoms with van der Waals surface area (Å²) in [6.07, 6.45) is 4.22. The fraction of sp³-hybridized carbons (Fsp3) is 0.882. The zero-order valence-corrected chi connectivity index (χ0v) is 15.2. The van der Waals surface area contributed by atoms with Crippen molar-refractivity contribution < 1.29 is 24.2 Å². The van der Waals surface area contributed by atoms with Crippen LogP contribution in [0.15, 0.2) is 0 Å². The third-order valence-corrected chi connectivity index (χ3v) is 3.39. The van der Waals surface area contributed by atoms with E-state index in [-0.39, 0.29) is 12.7 Å². The Bertz CT molecular complexity index is 351. The van der Waals surface area contributed by atoms with Crippen LogP contribution in [0.3, 0.4) is 0 Å². The Labute approximate surface area is 139 Å². The predicted octanol–water partition coefficient (Wildman–Crippen LogP) is 3.59. The van der Waals surface area contributed by atoms with Gasteiger partial charge in [-0.05, 0) is 34.1 Å². The molecule has 6 nitrogen and oxygen atoms in total. The number of hydrogen-bond donors (Lipinski definition) is 2. The molecule has 0 bridgehead atoms. The van der Waals surface area contributed by atoms with Gasteiger partial charge in [-0.25, -0.2) is 4.79 Å². The quantitative estimate of drug-likeness (QED) is 0.565. The van der Waals surface area contributed by atoms with Crippen LogP contribution in [0.2, 0.25) is 0 Å². The number of alkyl carbamates (subject to hydrolysis) is 1. The first-order valence-electron chi connectivity index (χ1n) is 8.48. The molecule has 0 aromatic carbocycles. The summed E-state index contributed by atoms with van der Waals surface area (Å²) >= 11 is 0. The van der Waals surface area contributed by atoms with E-state index in [0.717, 1.165) is 32.1 Å². The Morgan fingerprint density at radius 3 is 2.35 bits per heavy atom. The molecule has 1 amide bonds. The lowest BCUT2D eigenvalue weighted by atomic mass is 9.98. The summed E-state index contributed by atoms with van der Waals surface area (Å²) in [6.45, 7) is 9.75. The maximum atomic E-state index is 11.5. The summed E-state index contributed by atoms with van der Waals surface area (Å²) in [5.41, 5.74) is -0.537. The van der Waals surface area contributed by atoms with Crippen molar-refractivity contribution in [1.82, 2.24) is 5.32 Å². The highest BCUT2D eigenvalue weighted by Gasteiger charge is 2.24. The van der Waals surface area contributed by atoms with Crippen LogP contribution in [0.4, 0.5) is 4.79 Å². The van der Waals surface area contributed by atoms with Crippen molar-refractivity contribution in [1.29, 1.82) is 0 Å². The van der Waals surface area contributed by atoms with Crippen molar-refractivity contribution in [2.45, 2.75) is 78.4 Å². The van der Waals surface area contributed by atoms with E-state index >= 15 is 0 Å². The molecule has 6 heteroatoms. The van der Waals surface area contributed by atoms with Crippen molar-refractivity contribution in [2.24, 2.45) is 5.92 Å². The van der Waals surface area contributed by atoms with Gasteiger partial charge in [0.2, 0.25) is 0 Å². The SMILES string of the molecule is CCCCCC[C@@H](OCCNC(=O)OC(C)(C)C)[C@@H](C)C(=O)O. The Morgan fingerprint density at radius 2 is 1.83 bits per heavy atom. The van der Waals surface area contributed by atoms with Crippen LogP contribution in [0, 0.1) is 5.92 Å². The average Bonchev–Trinajstić information content (AvgIpc) is 2.42. The average molecular weight is 331 g/mol. The van der Waals surface area contributed by atoms with Crippen LogP contribution in [-0.4, -0.2) is 42.0 Å².